The Bertz CT molecular complexity index is 856. The lowest BCUT2D eigenvalue weighted by atomic mass is 10.0. The third-order valence-electron chi connectivity index (χ3n) is 3.55. The van der Waals surface area contributed by atoms with E-state index in [4.69, 9.17) is 0 Å². The predicted molar refractivity (Wildman–Crippen MR) is 95.0 cm³/mol. The van der Waals surface area contributed by atoms with Crippen molar-refractivity contribution in [3.63, 3.8) is 0 Å². The molecule has 0 atom stereocenters. The van der Waals surface area contributed by atoms with E-state index in [1.807, 2.05) is 42.5 Å². The average molecular weight is 316 g/mol. The summed E-state index contributed by atoms with van der Waals surface area (Å²) >= 11 is 0. The molecular formula is C20H16N2O2. The first-order valence-electron chi connectivity index (χ1n) is 7.51. The summed E-state index contributed by atoms with van der Waals surface area (Å²) in [5.74, 6) is -0.525. The summed E-state index contributed by atoms with van der Waals surface area (Å²) in [5.41, 5.74) is 5.73. The highest BCUT2D eigenvalue weighted by Crippen LogP contribution is 2.18. The van der Waals surface area contributed by atoms with Crippen LogP contribution in [-0.4, -0.2) is 17.2 Å². The third-order valence-corrected chi connectivity index (χ3v) is 3.55. The summed E-state index contributed by atoms with van der Waals surface area (Å²) in [7, 11) is 0. The molecule has 1 amide bonds. The number of hydrogen-bond acceptors (Lipinski definition) is 3. The maximum Gasteiger partial charge on any atom is 0.275 e. The fraction of sp³-hybridized carbons (Fsp3) is 0. The molecule has 0 radical (unpaired) electrons. The molecule has 0 unspecified atom stereocenters. The second kappa shape index (κ2) is 7.24. The van der Waals surface area contributed by atoms with E-state index in [0.717, 1.165) is 16.7 Å². The van der Waals surface area contributed by atoms with Gasteiger partial charge >= 0.3 is 0 Å². The summed E-state index contributed by atoms with van der Waals surface area (Å²) in [5, 5.41) is 13.5. The van der Waals surface area contributed by atoms with E-state index in [1.54, 1.807) is 18.3 Å². The lowest BCUT2D eigenvalue weighted by Crippen LogP contribution is -2.17. The molecule has 0 saturated heterocycles. The Morgan fingerprint density at radius 2 is 1.46 bits per heavy atom. The van der Waals surface area contributed by atoms with Gasteiger partial charge in [0.1, 0.15) is 5.75 Å². The van der Waals surface area contributed by atoms with Crippen molar-refractivity contribution in [2.75, 3.05) is 0 Å². The molecule has 0 aliphatic rings. The lowest BCUT2D eigenvalue weighted by molar-refractivity contribution is 0.0952. The van der Waals surface area contributed by atoms with Gasteiger partial charge in [0.25, 0.3) is 5.91 Å². The monoisotopic (exact) mass is 316 g/mol. The van der Waals surface area contributed by atoms with Crippen molar-refractivity contribution >= 4 is 12.1 Å². The highest BCUT2D eigenvalue weighted by atomic mass is 16.3. The molecule has 0 aliphatic carbocycles. The highest BCUT2D eigenvalue weighted by Gasteiger charge is 2.08. The smallest absolute Gasteiger partial charge is 0.275 e. The molecule has 0 spiro atoms. The molecule has 24 heavy (non-hydrogen) atoms. The second-order valence-corrected chi connectivity index (χ2v) is 5.20. The van der Waals surface area contributed by atoms with Crippen molar-refractivity contribution in [1.29, 1.82) is 0 Å². The van der Waals surface area contributed by atoms with E-state index in [9.17, 15) is 9.90 Å². The summed E-state index contributed by atoms with van der Waals surface area (Å²) in [6, 6.07) is 24.3. The maximum atomic E-state index is 11.9. The molecule has 4 nitrogen and oxygen atoms in total. The molecule has 0 aliphatic heterocycles. The normalized spacial score (nSPS) is 10.7. The number of aromatic hydroxyl groups is 1. The standard InChI is InChI=1S/C20H16N2O2/c23-19-9-5-4-8-18(19)20(24)22-21-14-15-10-12-17(13-11-15)16-6-2-1-3-7-16/h1-14,23H,(H,22,24)/b21-14+. The first-order chi connectivity index (χ1) is 11.7. The van der Waals surface area contributed by atoms with E-state index in [1.165, 1.54) is 12.1 Å². The van der Waals surface area contributed by atoms with Crippen LogP contribution in [-0.2, 0) is 0 Å². The quantitative estimate of drug-likeness (QED) is 0.568. The minimum atomic E-state index is -0.453. The molecule has 118 valence electrons. The highest BCUT2D eigenvalue weighted by molar-refractivity contribution is 5.97. The molecule has 4 heteroatoms. The van der Waals surface area contributed by atoms with Gasteiger partial charge in [-0.05, 0) is 28.8 Å². The van der Waals surface area contributed by atoms with Crippen LogP contribution < -0.4 is 5.43 Å². The van der Waals surface area contributed by atoms with Gasteiger partial charge in [0.2, 0.25) is 0 Å². The Morgan fingerprint density at radius 3 is 2.17 bits per heavy atom. The van der Waals surface area contributed by atoms with E-state index in [2.05, 4.69) is 22.7 Å². The lowest BCUT2D eigenvalue weighted by Gasteiger charge is -2.03. The van der Waals surface area contributed by atoms with Gasteiger partial charge < -0.3 is 5.11 Å². The summed E-state index contributed by atoms with van der Waals surface area (Å²) < 4.78 is 0. The first kappa shape index (κ1) is 15.5. The van der Waals surface area contributed by atoms with Gasteiger partial charge in [0.05, 0.1) is 11.8 Å². The summed E-state index contributed by atoms with van der Waals surface area (Å²) in [6.45, 7) is 0. The number of carbonyl (C=O) groups excluding carboxylic acids is 1. The van der Waals surface area contributed by atoms with E-state index in [-0.39, 0.29) is 11.3 Å². The number of para-hydroxylation sites is 1. The Labute approximate surface area is 140 Å². The fourth-order valence-corrected chi connectivity index (χ4v) is 2.28. The van der Waals surface area contributed by atoms with Crippen LogP contribution in [0.2, 0.25) is 0 Å². The third kappa shape index (κ3) is 3.67. The number of phenols is 1. The molecule has 3 aromatic rings. The number of hydrazone groups is 1. The largest absolute Gasteiger partial charge is 0.507 e. The number of nitrogens with zero attached hydrogens (tertiary/aromatic N) is 1. The second-order valence-electron chi connectivity index (χ2n) is 5.20. The molecule has 0 heterocycles. The molecule has 3 rings (SSSR count). The zero-order chi connectivity index (χ0) is 16.8. The number of phenolic OH excluding ortho intramolecular Hbond substituents is 1. The molecule has 0 aromatic heterocycles. The van der Waals surface area contributed by atoms with Crippen molar-refractivity contribution in [2.24, 2.45) is 5.10 Å². The summed E-state index contributed by atoms with van der Waals surface area (Å²) in [4.78, 5) is 11.9. The van der Waals surface area contributed by atoms with Gasteiger partial charge in [-0.25, -0.2) is 5.43 Å². The van der Waals surface area contributed by atoms with Crippen LogP contribution in [0.3, 0.4) is 0 Å². The van der Waals surface area contributed by atoms with Crippen LogP contribution in [0.5, 0.6) is 5.75 Å². The van der Waals surface area contributed by atoms with Crippen molar-refractivity contribution in [3.8, 4) is 16.9 Å². The van der Waals surface area contributed by atoms with Gasteiger partial charge in [0.15, 0.2) is 0 Å². The van der Waals surface area contributed by atoms with Crippen LogP contribution in [0.25, 0.3) is 11.1 Å². The van der Waals surface area contributed by atoms with Crippen molar-refractivity contribution in [3.05, 3.63) is 90.0 Å². The van der Waals surface area contributed by atoms with Crippen molar-refractivity contribution in [2.45, 2.75) is 0 Å². The predicted octanol–water partition coefficient (Wildman–Crippen LogP) is 3.82. The van der Waals surface area contributed by atoms with Gasteiger partial charge in [0, 0.05) is 0 Å². The van der Waals surface area contributed by atoms with Crippen LogP contribution in [0.1, 0.15) is 15.9 Å². The number of rotatable bonds is 4. The van der Waals surface area contributed by atoms with Gasteiger partial charge in [-0.2, -0.15) is 5.10 Å². The number of amides is 1. The zero-order valence-electron chi connectivity index (χ0n) is 12.9. The fourth-order valence-electron chi connectivity index (χ4n) is 2.28. The van der Waals surface area contributed by atoms with Crippen molar-refractivity contribution < 1.29 is 9.90 Å². The van der Waals surface area contributed by atoms with Gasteiger partial charge in [-0.1, -0.05) is 66.7 Å². The number of hydrogen-bond donors (Lipinski definition) is 2. The van der Waals surface area contributed by atoms with Gasteiger partial charge in [-0.3, -0.25) is 4.79 Å². The molecular weight excluding hydrogens is 300 g/mol. The van der Waals surface area contributed by atoms with Gasteiger partial charge in [-0.15, -0.1) is 0 Å². The minimum absolute atomic E-state index is 0.0718. The summed E-state index contributed by atoms with van der Waals surface area (Å²) in [6.07, 6.45) is 1.56. The number of carbonyl (C=O) groups is 1. The molecule has 0 fully saturated rings. The Morgan fingerprint density at radius 1 is 0.833 bits per heavy atom. The van der Waals surface area contributed by atoms with Crippen molar-refractivity contribution in [1.82, 2.24) is 5.43 Å². The van der Waals surface area contributed by atoms with E-state index < -0.39 is 5.91 Å². The first-order valence-corrected chi connectivity index (χ1v) is 7.51. The minimum Gasteiger partial charge on any atom is -0.507 e. The number of benzene rings is 3. The Balaban J connectivity index is 1.65. The SMILES string of the molecule is O=C(N/N=C/c1ccc(-c2ccccc2)cc1)c1ccccc1O. The Hall–Kier alpha value is -3.40. The molecule has 0 saturated carbocycles. The zero-order valence-corrected chi connectivity index (χ0v) is 12.9. The topological polar surface area (TPSA) is 61.7 Å². The molecule has 0 bridgehead atoms. The maximum absolute atomic E-state index is 11.9. The molecule has 2 N–H and O–H groups in total. The van der Waals surface area contributed by atoms with E-state index in [0.29, 0.717) is 0 Å². The van der Waals surface area contributed by atoms with Crippen LogP contribution >= 0.6 is 0 Å². The molecule has 3 aromatic carbocycles. The van der Waals surface area contributed by atoms with E-state index >= 15 is 0 Å². The van der Waals surface area contributed by atoms with Crippen LogP contribution in [0.4, 0.5) is 0 Å². The Kier molecular flexibility index (Phi) is 4.68. The van der Waals surface area contributed by atoms with Crippen LogP contribution in [0.15, 0.2) is 84.0 Å². The van der Waals surface area contributed by atoms with Crippen LogP contribution in [0, 0.1) is 0 Å². The number of nitrogens with one attached hydrogen (secondary N) is 1. The average Bonchev–Trinajstić information content (AvgIpc) is 2.63.